The zero-order chi connectivity index (χ0) is 11.7. The van der Waals surface area contributed by atoms with Crippen LogP contribution in [0.25, 0.3) is 10.9 Å². The number of fused-ring (bicyclic) bond motifs is 1. The van der Waals surface area contributed by atoms with Gasteiger partial charge in [0.2, 0.25) is 0 Å². The number of rotatable bonds is 2. The second-order valence-electron chi connectivity index (χ2n) is 3.80. The van der Waals surface area contributed by atoms with E-state index in [0.29, 0.717) is 11.2 Å². The summed E-state index contributed by atoms with van der Waals surface area (Å²) in [5, 5.41) is 0.720. The van der Waals surface area contributed by atoms with Crippen molar-refractivity contribution in [2.45, 2.75) is 20.3 Å². The van der Waals surface area contributed by atoms with Gasteiger partial charge in [0.25, 0.3) is 0 Å². The fraction of sp³-hybridized carbons (Fsp3) is 0.250. The van der Waals surface area contributed by atoms with Crippen LogP contribution in [0.15, 0.2) is 18.2 Å². The van der Waals surface area contributed by atoms with Crippen molar-refractivity contribution in [1.29, 1.82) is 0 Å². The van der Waals surface area contributed by atoms with E-state index < -0.39 is 0 Å². The molecule has 0 bridgehead atoms. The smallest absolute Gasteiger partial charge is 0.149 e. The van der Waals surface area contributed by atoms with Gasteiger partial charge in [-0.2, -0.15) is 0 Å². The van der Waals surface area contributed by atoms with Crippen LogP contribution in [0.1, 0.15) is 18.2 Å². The number of halogens is 1. The first-order chi connectivity index (χ1) is 7.65. The molecule has 0 saturated carbocycles. The van der Waals surface area contributed by atoms with E-state index in [1.807, 2.05) is 26.0 Å². The molecule has 1 heterocycles. The molecule has 2 rings (SSSR count). The van der Waals surface area contributed by atoms with Crippen LogP contribution < -0.4 is 11.3 Å². The molecule has 0 radical (unpaired) electrons. The van der Waals surface area contributed by atoms with Crippen LogP contribution in [0, 0.1) is 12.7 Å². The number of nitrogens with zero attached hydrogens (tertiary/aromatic N) is 1. The number of hydrogen-bond donors (Lipinski definition) is 2. The molecule has 1 aromatic heterocycles. The topological polar surface area (TPSA) is 50.9 Å². The Kier molecular flexibility index (Phi) is 2.75. The standard InChI is InChI=1S/C12H14FN3/c1-3-8-6-11(16-14)9-4-7(2)5-10(13)12(9)15-8/h4-6H,3,14H2,1-2H3,(H,15,16). The number of nitrogen functional groups attached to an aromatic ring is 1. The molecule has 3 nitrogen and oxygen atoms in total. The van der Waals surface area contributed by atoms with Crippen molar-refractivity contribution in [2.24, 2.45) is 5.84 Å². The highest BCUT2D eigenvalue weighted by atomic mass is 19.1. The molecule has 0 aliphatic rings. The third-order valence-corrected chi connectivity index (χ3v) is 2.58. The van der Waals surface area contributed by atoms with Gasteiger partial charge >= 0.3 is 0 Å². The Labute approximate surface area is 93.5 Å². The maximum atomic E-state index is 13.7. The van der Waals surface area contributed by atoms with Gasteiger partial charge in [0, 0.05) is 11.1 Å². The van der Waals surface area contributed by atoms with Gasteiger partial charge in [-0.25, -0.2) is 9.37 Å². The molecule has 0 aliphatic heterocycles. The van der Waals surface area contributed by atoms with Crippen LogP contribution in [-0.4, -0.2) is 4.98 Å². The van der Waals surface area contributed by atoms with E-state index in [2.05, 4.69) is 10.4 Å². The largest absolute Gasteiger partial charge is 0.323 e. The lowest BCUT2D eigenvalue weighted by atomic mass is 10.1. The van der Waals surface area contributed by atoms with E-state index in [4.69, 9.17) is 5.84 Å². The lowest BCUT2D eigenvalue weighted by Gasteiger charge is -2.09. The molecular weight excluding hydrogens is 205 g/mol. The Morgan fingerprint density at radius 3 is 2.75 bits per heavy atom. The first-order valence-corrected chi connectivity index (χ1v) is 5.22. The average Bonchev–Trinajstić information content (AvgIpc) is 2.28. The van der Waals surface area contributed by atoms with Gasteiger partial charge in [0.05, 0.1) is 5.69 Å². The van der Waals surface area contributed by atoms with Crippen LogP contribution in [0.5, 0.6) is 0 Å². The minimum atomic E-state index is -0.304. The first-order valence-electron chi connectivity index (χ1n) is 5.22. The summed E-state index contributed by atoms with van der Waals surface area (Å²) in [5.41, 5.74) is 5.35. The summed E-state index contributed by atoms with van der Waals surface area (Å²) < 4.78 is 13.7. The number of hydrogen-bond acceptors (Lipinski definition) is 3. The summed E-state index contributed by atoms with van der Waals surface area (Å²) in [5.74, 6) is 5.14. The van der Waals surface area contributed by atoms with Crippen LogP contribution in [0.2, 0.25) is 0 Å². The van der Waals surface area contributed by atoms with Gasteiger partial charge in [-0.15, -0.1) is 0 Å². The van der Waals surface area contributed by atoms with Gasteiger partial charge in [0.1, 0.15) is 11.3 Å². The summed E-state index contributed by atoms with van der Waals surface area (Å²) >= 11 is 0. The number of hydrazine groups is 1. The van der Waals surface area contributed by atoms with E-state index in [9.17, 15) is 4.39 Å². The van der Waals surface area contributed by atoms with Crippen LogP contribution in [0.4, 0.5) is 10.1 Å². The molecule has 0 amide bonds. The van der Waals surface area contributed by atoms with E-state index >= 15 is 0 Å². The molecule has 16 heavy (non-hydrogen) atoms. The van der Waals surface area contributed by atoms with E-state index in [0.717, 1.165) is 23.1 Å². The maximum Gasteiger partial charge on any atom is 0.149 e. The molecule has 84 valence electrons. The van der Waals surface area contributed by atoms with Crippen molar-refractivity contribution in [3.63, 3.8) is 0 Å². The quantitative estimate of drug-likeness (QED) is 0.602. The van der Waals surface area contributed by atoms with Gasteiger partial charge in [0.15, 0.2) is 0 Å². The lowest BCUT2D eigenvalue weighted by molar-refractivity contribution is 0.635. The van der Waals surface area contributed by atoms with Crippen LogP contribution in [-0.2, 0) is 6.42 Å². The molecule has 1 aromatic carbocycles. The van der Waals surface area contributed by atoms with Crippen molar-refractivity contribution >= 4 is 16.6 Å². The highest BCUT2D eigenvalue weighted by Crippen LogP contribution is 2.26. The number of nitrogens with two attached hydrogens (primary N) is 1. The molecule has 0 unspecified atom stereocenters. The van der Waals surface area contributed by atoms with Gasteiger partial charge < -0.3 is 5.43 Å². The maximum absolute atomic E-state index is 13.7. The number of pyridine rings is 1. The Bertz CT molecular complexity index is 537. The fourth-order valence-corrected chi connectivity index (χ4v) is 1.77. The van der Waals surface area contributed by atoms with Gasteiger partial charge in [-0.05, 0) is 37.1 Å². The lowest BCUT2D eigenvalue weighted by Crippen LogP contribution is -2.08. The monoisotopic (exact) mass is 219 g/mol. The summed E-state index contributed by atoms with van der Waals surface area (Å²) in [6.07, 6.45) is 0.748. The zero-order valence-corrected chi connectivity index (χ0v) is 9.34. The molecule has 0 atom stereocenters. The second-order valence-corrected chi connectivity index (χ2v) is 3.80. The molecule has 2 aromatic rings. The summed E-state index contributed by atoms with van der Waals surface area (Å²) in [6, 6.07) is 5.20. The molecule has 0 saturated heterocycles. The Hall–Kier alpha value is -1.68. The van der Waals surface area contributed by atoms with Crippen LogP contribution >= 0.6 is 0 Å². The Morgan fingerprint density at radius 1 is 1.38 bits per heavy atom. The normalized spacial score (nSPS) is 10.8. The van der Waals surface area contributed by atoms with Crippen molar-refractivity contribution in [3.05, 3.63) is 35.3 Å². The van der Waals surface area contributed by atoms with E-state index in [-0.39, 0.29) is 5.82 Å². The predicted molar refractivity (Wildman–Crippen MR) is 63.6 cm³/mol. The third kappa shape index (κ3) is 1.72. The second kappa shape index (κ2) is 4.06. The molecule has 0 aliphatic carbocycles. The highest BCUT2D eigenvalue weighted by molar-refractivity contribution is 5.92. The number of benzene rings is 1. The predicted octanol–water partition coefficient (Wildman–Crippen LogP) is 2.53. The molecule has 3 N–H and O–H groups in total. The minimum absolute atomic E-state index is 0.304. The molecule has 4 heteroatoms. The van der Waals surface area contributed by atoms with Crippen molar-refractivity contribution in [2.75, 3.05) is 5.43 Å². The fourth-order valence-electron chi connectivity index (χ4n) is 1.77. The van der Waals surface area contributed by atoms with Gasteiger partial charge in [-0.3, -0.25) is 5.84 Å². The number of nitrogens with one attached hydrogen (secondary N) is 1. The van der Waals surface area contributed by atoms with Crippen molar-refractivity contribution in [1.82, 2.24) is 4.98 Å². The number of aryl methyl sites for hydroxylation is 2. The minimum Gasteiger partial charge on any atom is -0.323 e. The molecule has 0 spiro atoms. The van der Waals surface area contributed by atoms with Crippen molar-refractivity contribution < 1.29 is 4.39 Å². The number of aromatic nitrogens is 1. The Morgan fingerprint density at radius 2 is 2.12 bits per heavy atom. The van der Waals surface area contributed by atoms with E-state index in [1.54, 1.807) is 0 Å². The van der Waals surface area contributed by atoms with E-state index in [1.165, 1.54) is 6.07 Å². The van der Waals surface area contributed by atoms with Gasteiger partial charge in [-0.1, -0.05) is 6.92 Å². The van der Waals surface area contributed by atoms with Crippen molar-refractivity contribution in [3.8, 4) is 0 Å². The summed E-state index contributed by atoms with van der Waals surface area (Å²) in [6.45, 7) is 3.82. The zero-order valence-electron chi connectivity index (χ0n) is 9.34. The SMILES string of the molecule is CCc1cc(NN)c2cc(C)cc(F)c2n1. The third-order valence-electron chi connectivity index (χ3n) is 2.58. The highest BCUT2D eigenvalue weighted by Gasteiger charge is 2.09. The number of anilines is 1. The first kappa shape index (κ1) is 10.8. The average molecular weight is 219 g/mol. The molecule has 0 fully saturated rings. The Balaban J connectivity index is 2.83. The molecular formula is C12H14FN3. The summed E-state index contributed by atoms with van der Waals surface area (Å²) in [4.78, 5) is 4.27. The van der Waals surface area contributed by atoms with Crippen LogP contribution in [0.3, 0.4) is 0 Å². The summed E-state index contributed by atoms with van der Waals surface area (Å²) in [7, 11) is 0.